The van der Waals surface area contributed by atoms with Gasteiger partial charge < -0.3 is 35.0 Å². The molecule has 0 spiro atoms. The van der Waals surface area contributed by atoms with Crippen LogP contribution in [0.3, 0.4) is 0 Å². The van der Waals surface area contributed by atoms with Crippen molar-refractivity contribution in [2.75, 3.05) is 13.2 Å². The second kappa shape index (κ2) is 5.53. The second-order valence-corrected chi connectivity index (χ2v) is 3.40. The lowest BCUT2D eigenvalue weighted by Gasteiger charge is -2.39. The lowest BCUT2D eigenvalue weighted by atomic mass is 9.99. The third-order valence-electron chi connectivity index (χ3n) is 2.22. The molecule has 8 nitrogen and oxygen atoms in total. The molecule has 1 rings (SSSR count). The highest BCUT2D eigenvalue weighted by Crippen LogP contribution is 2.21. The number of aliphatic hydroxyl groups is 4. The molecule has 16 heavy (non-hydrogen) atoms. The molecule has 0 aromatic rings. The summed E-state index contributed by atoms with van der Waals surface area (Å²) in [6.07, 6.45) is -7.12. The van der Waals surface area contributed by atoms with Crippen molar-refractivity contribution >= 4 is 5.97 Å². The molecule has 0 radical (unpaired) electrons. The maximum Gasteiger partial charge on any atom is 0.329 e. The Balaban J connectivity index is 2.60. The van der Waals surface area contributed by atoms with Crippen LogP contribution in [0.15, 0.2) is 0 Å². The van der Waals surface area contributed by atoms with Crippen LogP contribution < -0.4 is 0 Å². The van der Waals surface area contributed by atoms with Gasteiger partial charge in [0.15, 0.2) is 6.29 Å². The van der Waals surface area contributed by atoms with Gasteiger partial charge in [0.05, 0.1) is 6.61 Å². The van der Waals surface area contributed by atoms with Gasteiger partial charge in [0, 0.05) is 0 Å². The summed E-state index contributed by atoms with van der Waals surface area (Å²) in [5.41, 5.74) is 0. The first kappa shape index (κ1) is 13.3. The summed E-state index contributed by atoms with van der Waals surface area (Å²) in [4.78, 5) is 10.2. The van der Waals surface area contributed by atoms with E-state index in [9.17, 15) is 20.1 Å². The summed E-state index contributed by atoms with van der Waals surface area (Å²) in [5.74, 6) is -1.27. The van der Waals surface area contributed by atoms with Gasteiger partial charge in [-0.1, -0.05) is 0 Å². The number of rotatable bonds is 4. The van der Waals surface area contributed by atoms with Crippen LogP contribution in [0.4, 0.5) is 0 Å². The van der Waals surface area contributed by atoms with Crippen LogP contribution in [-0.2, 0) is 14.3 Å². The molecule has 0 aliphatic carbocycles. The molecule has 0 bridgehead atoms. The van der Waals surface area contributed by atoms with Crippen LogP contribution in [-0.4, -0.2) is 75.4 Å². The third kappa shape index (κ3) is 2.88. The van der Waals surface area contributed by atoms with Crippen molar-refractivity contribution in [1.82, 2.24) is 0 Å². The quantitative estimate of drug-likeness (QED) is 0.347. The van der Waals surface area contributed by atoms with Crippen molar-refractivity contribution in [3.8, 4) is 0 Å². The van der Waals surface area contributed by atoms with Crippen LogP contribution in [0.5, 0.6) is 0 Å². The van der Waals surface area contributed by atoms with Crippen molar-refractivity contribution in [2.24, 2.45) is 0 Å². The predicted octanol–water partition coefficient (Wildman–Crippen LogP) is -3.11. The Labute approximate surface area is 90.6 Å². The number of carboxylic acids is 1. The van der Waals surface area contributed by atoms with Crippen LogP contribution in [0, 0.1) is 0 Å². The molecular weight excluding hydrogens is 224 g/mol. The Bertz CT molecular complexity index is 242. The summed E-state index contributed by atoms with van der Waals surface area (Å²) in [6.45, 7) is -1.30. The maximum atomic E-state index is 10.2. The lowest BCUT2D eigenvalue weighted by molar-refractivity contribution is -0.300. The van der Waals surface area contributed by atoms with Gasteiger partial charge in [-0.05, 0) is 0 Å². The van der Waals surface area contributed by atoms with Crippen LogP contribution in [0.2, 0.25) is 0 Å². The molecule has 1 heterocycles. The number of carboxylic acid groups (broad SMARTS) is 1. The Kier molecular flexibility index (Phi) is 4.59. The molecule has 8 heteroatoms. The van der Waals surface area contributed by atoms with Crippen molar-refractivity contribution in [3.63, 3.8) is 0 Å². The summed E-state index contributed by atoms with van der Waals surface area (Å²) >= 11 is 0. The van der Waals surface area contributed by atoms with Gasteiger partial charge in [-0.25, -0.2) is 4.79 Å². The normalized spacial score (nSPS) is 39.6. The van der Waals surface area contributed by atoms with E-state index in [4.69, 9.17) is 14.9 Å². The van der Waals surface area contributed by atoms with Crippen molar-refractivity contribution in [1.29, 1.82) is 0 Å². The second-order valence-electron chi connectivity index (χ2n) is 3.40. The molecule has 94 valence electrons. The average molecular weight is 238 g/mol. The summed E-state index contributed by atoms with van der Waals surface area (Å²) in [6, 6.07) is 0. The zero-order chi connectivity index (χ0) is 12.3. The predicted molar refractivity (Wildman–Crippen MR) is 47.4 cm³/mol. The van der Waals surface area contributed by atoms with Gasteiger partial charge in [0.25, 0.3) is 0 Å². The number of carbonyl (C=O) groups is 1. The van der Waals surface area contributed by atoms with E-state index in [0.717, 1.165) is 0 Å². The Morgan fingerprint density at radius 1 is 1.19 bits per heavy atom. The summed E-state index contributed by atoms with van der Waals surface area (Å²) in [7, 11) is 0. The fourth-order valence-corrected chi connectivity index (χ4v) is 1.36. The number of aliphatic hydroxyl groups excluding tert-OH is 4. The highest BCUT2D eigenvalue weighted by molar-refractivity contribution is 5.68. The van der Waals surface area contributed by atoms with Gasteiger partial charge in [-0.2, -0.15) is 0 Å². The topological polar surface area (TPSA) is 137 Å². The molecule has 0 aromatic carbocycles. The molecular formula is C8H14O8. The highest BCUT2D eigenvalue weighted by Gasteiger charge is 2.44. The van der Waals surface area contributed by atoms with E-state index in [1.807, 2.05) is 0 Å². The zero-order valence-electron chi connectivity index (χ0n) is 8.26. The summed E-state index contributed by atoms with van der Waals surface area (Å²) < 4.78 is 9.54. The molecule has 5 N–H and O–H groups in total. The van der Waals surface area contributed by atoms with E-state index < -0.39 is 49.9 Å². The molecule has 5 atom stereocenters. The number of hydrogen-bond donors (Lipinski definition) is 5. The monoisotopic (exact) mass is 238 g/mol. The zero-order valence-corrected chi connectivity index (χ0v) is 8.26. The lowest BCUT2D eigenvalue weighted by Crippen LogP contribution is -2.59. The fraction of sp³-hybridized carbons (Fsp3) is 0.875. The van der Waals surface area contributed by atoms with Gasteiger partial charge >= 0.3 is 5.97 Å². The minimum absolute atomic E-state index is 0.585. The van der Waals surface area contributed by atoms with Crippen LogP contribution >= 0.6 is 0 Å². The van der Waals surface area contributed by atoms with Gasteiger partial charge in [-0.3, -0.25) is 0 Å². The smallest absolute Gasteiger partial charge is 0.329 e. The number of ether oxygens (including phenoxy) is 2. The molecule has 1 fully saturated rings. The van der Waals surface area contributed by atoms with Gasteiger partial charge in [0.2, 0.25) is 0 Å². The molecule has 1 aliphatic heterocycles. The summed E-state index contributed by atoms with van der Waals surface area (Å²) in [5, 5.41) is 45.3. The third-order valence-corrected chi connectivity index (χ3v) is 2.22. The molecule has 0 unspecified atom stereocenters. The van der Waals surface area contributed by atoms with Crippen LogP contribution in [0.25, 0.3) is 0 Å². The number of hydrogen-bond acceptors (Lipinski definition) is 7. The maximum absolute atomic E-state index is 10.2. The highest BCUT2D eigenvalue weighted by atomic mass is 16.7. The van der Waals surface area contributed by atoms with Crippen molar-refractivity contribution in [3.05, 3.63) is 0 Å². The van der Waals surface area contributed by atoms with E-state index in [-0.39, 0.29) is 0 Å². The first-order chi connectivity index (χ1) is 7.47. The standard InChI is InChI=1S/C8H14O8/c9-1-3-5(12)6(13)7(14)8(16-3)15-2-4(10)11/h3,5-9,12-14H,1-2H2,(H,10,11)/t3-,5-,6+,7-,8+/m1/s1. The Morgan fingerprint density at radius 2 is 1.81 bits per heavy atom. The van der Waals surface area contributed by atoms with E-state index in [2.05, 4.69) is 4.74 Å². The van der Waals surface area contributed by atoms with E-state index >= 15 is 0 Å². The SMILES string of the molecule is O=C(O)CO[C@H]1O[C@H](CO)[C@@H](O)[C@H](O)[C@H]1O. The van der Waals surface area contributed by atoms with E-state index in [0.29, 0.717) is 0 Å². The fourth-order valence-electron chi connectivity index (χ4n) is 1.36. The first-order valence-corrected chi connectivity index (χ1v) is 4.61. The number of aliphatic carboxylic acids is 1. The largest absolute Gasteiger partial charge is 0.480 e. The Morgan fingerprint density at radius 3 is 2.31 bits per heavy atom. The van der Waals surface area contributed by atoms with Crippen molar-refractivity contribution in [2.45, 2.75) is 30.7 Å². The molecule has 1 aliphatic rings. The van der Waals surface area contributed by atoms with Crippen LogP contribution in [0.1, 0.15) is 0 Å². The minimum Gasteiger partial charge on any atom is -0.480 e. The average Bonchev–Trinajstić information content (AvgIpc) is 2.25. The minimum atomic E-state index is -1.57. The molecule has 1 saturated heterocycles. The van der Waals surface area contributed by atoms with E-state index in [1.165, 1.54) is 0 Å². The molecule has 0 aromatic heterocycles. The van der Waals surface area contributed by atoms with Crippen molar-refractivity contribution < 1.29 is 39.8 Å². The van der Waals surface area contributed by atoms with E-state index in [1.54, 1.807) is 0 Å². The Hall–Kier alpha value is -0.770. The first-order valence-electron chi connectivity index (χ1n) is 4.61. The van der Waals surface area contributed by atoms with Gasteiger partial charge in [0.1, 0.15) is 31.0 Å². The van der Waals surface area contributed by atoms with Gasteiger partial charge in [-0.15, -0.1) is 0 Å². The molecule has 0 saturated carbocycles. The molecule has 0 amide bonds.